The van der Waals surface area contributed by atoms with Gasteiger partial charge in [-0.2, -0.15) is 0 Å². The first kappa shape index (κ1) is 12.7. The van der Waals surface area contributed by atoms with Crippen LogP contribution in [0.1, 0.15) is 49.8 Å². The van der Waals surface area contributed by atoms with E-state index in [1.807, 2.05) is 24.3 Å². The zero-order valence-corrected chi connectivity index (χ0v) is 11.4. The second-order valence-electron chi connectivity index (χ2n) is 5.91. The number of rotatable bonds is 3. The molecule has 102 valence electrons. The third-order valence-electron chi connectivity index (χ3n) is 4.96. The molecule has 0 heterocycles. The Labute approximate surface area is 114 Å². The quantitative estimate of drug-likeness (QED) is 0.875. The number of fused-ring (bicyclic) bond motifs is 1. The van der Waals surface area contributed by atoms with Crippen LogP contribution in [0, 0.1) is 5.41 Å². The minimum absolute atomic E-state index is 0.127. The molecule has 0 radical (unpaired) electrons. The van der Waals surface area contributed by atoms with Crippen molar-refractivity contribution < 1.29 is 9.90 Å². The molecule has 3 rings (SSSR count). The highest BCUT2D eigenvalue weighted by Crippen LogP contribution is 2.45. The van der Waals surface area contributed by atoms with E-state index in [0.29, 0.717) is 6.42 Å². The maximum Gasteiger partial charge on any atom is 0.226 e. The zero-order valence-electron chi connectivity index (χ0n) is 11.4. The van der Waals surface area contributed by atoms with Gasteiger partial charge in [-0.15, -0.1) is 0 Å². The first-order valence-corrected chi connectivity index (χ1v) is 7.23. The molecule has 1 amide bonds. The lowest BCUT2D eigenvalue weighted by Gasteiger charge is -2.40. The van der Waals surface area contributed by atoms with Crippen molar-refractivity contribution >= 4 is 5.91 Å². The van der Waals surface area contributed by atoms with E-state index in [9.17, 15) is 9.90 Å². The van der Waals surface area contributed by atoms with E-state index in [-0.39, 0.29) is 17.4 Å². The Balaban J connectivity index is 1.78. The SMILES string of the molecule is CCC1(C(=O)N[C@H]2c3ccccc3C[C@H]2O)CCC1. The molecule has 0 spiro atoms. The van der Waals surface area contributed by atoms with Crippen molar-refractivity contribution in [1.29, 1.82) is 0 Å². The van der Waals surface area contributed by atoms with Crippen LogP contribution in [0.15, 0.2) is 24.3 Å². The Morgan fingerprint density at radius 3 is 2.79 bits per heavy atom. The molecule has 2 aliphatic rings. The molecule has 3 heteroatoms. The highest BCUT2D eigenvalue weighted by molar-refractivity contribution is 5.84. The molecule has 0 saturated heterocycles. The number of nitrogens with one attached hydrogen (secondary N) is 1. The Hall–Kier alpha value is -1.35. The maximum atomic E-state index is 12.5. The largest absolute Gasteiger partial charge is 0.390 e. The summed E-state index contributed by atoms with van der Waals surface area (Å²) in [6.45, 7) is 2.08. The number of hydrogen-bond donors (Lipinski definition) is 2. The maximum absolute atomic E-state index is 12.5. The van der Waals surface area contributed by atoms with Crippen LogP contribution in [0.4, 0.5) is 0 Å². The van der Waals surface area contributed by atoms with E-state index in [2.05, 4.69) is 12.2 Å². The van der Waals surface area contributed by atoms with Crippen molar-refractivity contribution in [1.82, 2.24) is 5.32 Å². The Morgan fingerprint density at radius 2 is 2.16 bits per heavy atom. The fraction of sp³-hybridized carbons (Fsp3) is 0.562. The molecule has 1 fully saturated rings. The van der Waals surface area contributed by atoms with Crippen LogP contribution in [0.3, 0.4) is 0 Å². The van der Waals surface area contributed by atoms with Gasteiger partial charge in [-0.05, 0) is 30.4 Å². The van der Waals surface area contributed by atoms with Gasteiger partial charge < -0.3 is 10.4 Å². The van der Waals surface area contributed by atoms with Gasteiger partial charge in [-0.25, -0.2) is 0 Å². The highest BCUT2D eigenvalue weighted by atomic mass is 16.3. The van der Waals surface area contributed by atoms with Crippen LogP contribution in [0.25, 0.3) is 0 Å². The molecule has 1 aromatic carbocycles. The summed E-state index contributed by atoms with van der Waals surface area (Å²) in [5.41, 5.74) is 2.06. The third kappa shape index (κ3) is 1.96. The number of hydrogen-bond acceptors (Lipinski definition) is 2. The van der Waals surface area contributed by atoms with E-state index in [1.54, 1.807) is 0 Å². The fourth-order valence-corrected chi connectivity index (χ4v) is 3.39. The van der Waals surface area contributed by atoms with Gasteiger partial charge in [0.2, 0.25) is 5.91 Å². The van der Waals surface area contributed by atoms with E-state index in [4.69, 9.17) is 0 Å². The molecule has 0 aliphatic heterocycles. The molecule has 2 aliphatic carbocycles. The molecular formula is C16H21NO2. The number of carbonyl (C=O) groups excluding carboxylic acids is 1. The lowest BCUT2D eigenvalue weighted by Crippen LogP contribution is -2.47. The molecule has 2 N–H and O–H groups in total. The van der Waals surface area contributed by atoms with Gasteiger partial charge in [-0.1, -0.05) is 37.6 Å². The Bertz CT molecular complexity index is 488. The van der Waals surface area contributed by atoms with Crippen molar-refractivity contribution in [3.8, 4) is 0 Å². The van der Waals surface area contributed by atoms with Gasteiger partial charge in [0.25, 0.3) is 0 Å². The zero-order chi connectivity index (χ0) is 13.5. The summed E-state index contributed by atoms with van der Waals surface area (Å²) in [5.74, 6) is 0.127. The number of benzene rings is 1. The van der Waals surface area contributed by atoms with Gasteiger partial charge in [0.15, 0.2) is 0 Å². The topological polar surface area (TPSA) is 49.3 Å². The summed E-state index contributed by atoms with van der Waals surface area (Å²) < 4.78 is 0. The monoisotopic (exact) mass is 259 g/mol. The summed E-state index contributed by atoms with van der Waals surface area (Å²) >= 11 is 0. The predicted octanol–water partition coefficient (Wildman–Crippen LogP) is 2.34. The van der Waals surface area contributed by atoms with Crippen LogP contribution in [-0.4, -0.2) is 17.1 Å². The van der Waals surface area contributed by atoms with Crippen LogP contribution in [0.5, 0.6) is 0 Å². The van der Waals surface area contributed by atoms with Gasteiger partial charge >= 0.3 is 0 Å². The highest BCUT2D eigenvalue weighted by Gasteiger charge is 2.44. The van der Waals surface area contributed by atoms with Gasteiger partial charge in [0.05, 0.1) is 12.1 Å². The Morgan fingerprint density at radius 1 is 1.42 bits per heavy atom. The summed E-state index contributed by atoms with van der Waals surface area (Å²) in [4.78, 5) is 12.5. The molecule has 3 nitrogen and oxygen atoms in total. The van der Waals surface area contributed by atoms with Crippen molar-refractivity contribution in [3.63, 3.8) is 0 Å². The fourth-order valence-electron chi connectivity index (χ4n) is 3.39. The molecule has 19 heavy (non-hydrogen) atoms. The first-order valence-electron chi connectivity index (χ1n) is 7.23. The minimum atomic E-state index is -0.490. The van der Waals surface area contributed by atoms with Crippen LogP contribution < -0.4 is 5.32 Å². The average molecular weight is 259 g/mol. The second kappa shape index (κ2) is 4.64. The van der Waals surface area contributed by atoms with E-state index < -0.39 is 6.10 Å². The number of aliphatic hydroxyl groups is 1. The van der Waals surface area contributed by atoms with Crippen molar-refractivity contribution in [2.75, 3.05) is 0 Å². The molecule has 1 aromatic rings. The van der Waals surface area contributed by atoms with E-state index in [0.717, 1.165) is 36.8 Å². The number of aliphatic hydroxyl groups excluding tert-OH is 1. The normalized spacial score (nSPS) is 27.5. The van der Waals surface area contributed by atoms with Gasteiger partial charge in [0, 0.05) is 11.8 Å². The molecule has 0 bridgehead atoms. The lowest BCUT2D eigenvalue weighted by atomic mass is 9.66. The van der Waals surface area contributed by atoms with Crippen molar-refractivity contribution in [2.24, 2.45) is 5.41 Å². The van der Waals surface area contributed by atoms with E-state index >= 15 is 0 Å². The summed E-state index contributed by atoms with van der Waals surface area (Å²) in [5, 5.41) is 13.3. The van der Waals surface area contributed by atoms with Gasteiger partial charge in [-0.3, -0.25) is 4.79 Å². The van der Waals surface area contributed by atoms with Crippen LogP contribution in [-0.2, 0) is 11.2 Å². The number of carbonyl (C=O) groups is 1. The molecule has 0 unspecified atom stereocenters. The summed E-state index contributed by atoms with van der Waals surface area (Å²) in [7, 11) is 0. The standard InChI is InChI=1S/C16H21NO2/c1-2-16(8-5-9-16)15(19)17-14-12-7-4-3-6-11(12)10-13(14)18/h3-4,6-7,13-14,18H,2,5,8-10H2,1H3,(H,17,19)/t13-,14+/m1/s1. The third-order valence-corrected chi connectivity index (χ3v) is 4.96. The number of amides is 1. The molecule has 1 saturated carbocycles. The van der Waals surface area contributed by atoms with Crippen LogP contribution in [0.2, 0.25) is 0 Å². The van der Waals surface area contributed by atoms with Crippen molar-refractivity contribution in [3.05, 3.63) is 35.4 Å². The minimum Gasteiger partial charge on any atom is -0.390 e. The van der Waals surface area contributed by atoms with Crippen molar-refractivity contribution in [2.45, 2.75) is 51.2 Å². The second-order valence-corrected chi connectivity index (χ2v) is 5.91. The first-order chi connectivity index (χ1) is 9.16. The molecule has 2 atom stereocenters. The summed E-state index contributed by atoms with van der Waals surface area (Å²) in [6, 6.07) is 7.76. The molecule has 0 aromatic heterocycles. The molecular weight excluding hydrogens is 238 g/mol. The predicted molar refractivity (Wildman–Crippen MR) is 73.6 cm³/mol. The van der Waals surface area contributed by atoms with E-state index in [1.165, 1.54) is 0 Å². The smallest absolute Gasteiger partial charge is 0.226 e. The average Bonchev–Trinajstić information content (AvgIpc) is 2.66. The lowest BCUT2D eigenvalue weighted by molar-refractivity contribution is -0.137. The summed E-state index contributed by atoms with van der Waals surface area (Å²) in [6.07, 6.45) is 4.16. The van der Waals surface area contributed by atoms with Crippen LogP contribution >= 0.6 is 0 Å². The Kier molecular flexibility index (Phi) is 3.09. The van der Waals surface area contributed by atoms with Gasteiger partial charge in [0.1, 0.15) is 0 Å².